The van der Waals surface area contributed by atoms with Gasteiger partial charge in [0.2, 0.25) is 0 Å². The molecule has 5 nitrogen and oxygen atoms in total. The van der Waals surface area contributed by atoms with Crippen molar-refractivity contribution in [1.29, 1.82) is 0 Å². The molecule has 3 unspecified atom stereocenters. The number of aromatic carboxylic acids is 1. The summed E-state index contributed by atoms with van der Waals surface area (Å²) in [6.45, 7) is 8.30. The van der Waals surface area contributed by atoms with Gasteiger partial charge in [-0.25, -0.2) is 9.18 Å². The maximum atomic E-state index is 14.2. The van der Waals surface area contributed by atoms with Crippen molar-refractivity contribution in [2.45, 2.75) is 46.5 Å². The van der Waals surface area contributed by atoms with Gasteiger partial charge in [0, 0.05) is 34.1 Å². The second kappa shape index (κ2) is 9.08. The molecule has 1 aliphatic carbocycles. The Balaban J connectivity index is 1.74. The smallest absolute Gasteiger partial charge is 0.337 e. The lowest BCUT2D eigenvalue weighted by molar-refractivity contribution is -0.110. The van der Waals surface area contributed by atoms with Gasteiger partial charge in [0.1, 0.15) is 5.82 Å². The number of fused-ring (bicyclic) bond motifs is 1. The van der Waals surface area contributed by atoms with E-state index in [2.05, 4.69) is 31.1 Å². The summed E-state index contributed by atoms with van der Waals surface area (Å²) in [6.07, 6.45) is 1.58. The lowest BCUT2D eigenvalue weighted by atomic mass is 9.64. The molecule has 0 bridgehead atoms. The minimum atomic E-state index is -0.943. The molecule has 3 atom stereocenters. The summed E-state index contributed by atoms with van der Waals surface area (Å²) in [4.78, 5) is 29.0. The fraction of sp³-hybridized carbons (Fsp3) is 0.333. The number of hydrogen-bond acceptors (Lipinski definition) is 2. The fourth-order valence-corrected chi connectivity index (χ4v) is 6.36. The van der Waals surface area contributed by atoms with Crippen molar-refractivity contribution in [3.8, 4) is 11.1 Å². The monoisotopic (exact) mass is 486 g/mol. The van der Waals surface area contributed by atoms with Crippen LogP contribution in [-0.2, 0) is 4.79 Å². The summed E-state index contributed by atoms with van der Waals surface area (Å²) >= 11 is 0. The zero-order chi connectivity index (χ0) is 25.7. The Morgan fingerprint density at radius 3 is 2.58 bits per heavy atom. The molecule has 0 spiro atoms. The number of aryl methyl sites for hydroxylation is 1. The highest BCUT2D eigenvalue weighted by Crippen LogP contribution is 2.52. The lowest BCUT2D eigenvalue weighted by Crippen LogP contribution is -2.31. The van der Waals surface area contributed by atoms with Gasteiger partial charge in [-0.3, -0.25) is 4.79 Å². The van der Waals surface area contributed by atoms with Gasteiger partial charge < -0.3 is 15.4 Å². The van der Waals surface area contributed by atoms with E-state index in [-0.39, 0.29) is 35.4 Å². The number of carbonyl (C=O) groups excluding carboxylic acids is 1. The SMILES string of the molecule is Cc1cc(C(=O)O)c(C2CC(C)C/C(=C3/C(=O)Nc4cccc(-c5cccc(F)c5)c43)C2C(C)C)[nH]1. The quantitative estimate of drug-likeness (QED) is 0.347. The Kier molecular flexibility index (Phi) is 6.07. The van der Waals surface area contributed by atoms with Crippen LogP contribution in [0.4, 0.5) is 10.1 Å². The third kappa shape index (κ3) is 4.04. The molecule has 3 N–H and O–H groups in total. The topological polar surface area (TPSA) is 82.2 Å². The van der Waals surface area contributed by atoms with Crippen molar-refractivity contribution in [3.63, 3.8) is 0 Å². The van der Waals surface area contributed by atoms with E-state index >= 15 is 0 Å². The number of carbonyl (C=O) groups is 2. The molecule has 6 heteroatoms. The molecule has 0 radical (unpaired) electrons. The summed E-state index contributed by atoms with van der Waals surface area (Å²) in [5.74, 6) is -1.07. The average Bonchev–Trinajstić information content (AvgIpc) is 3.37. The zero-order valence-corrected chi connectivity index (χ0v) is 21.0. The number of rotatable bonds is 4. The number of allylic oxidation sites excluding steroid dienone is 1. The summed E-state index contributed by atoms with van der Waals surface area (Å²) in [6, 6.07) is 13.8. The van der Waals surface area contributed by atoms with Crippen LogP contribution in [0.5, 0.6) is 0 Å². The van der Waals surface area contributed by atoms with Gasteiger partial charge >= 0.3 is 5.97 Å². The highest BCUT2D eigenvalue weighted by molar-refractivity contribution is 6.33. The molecule has 0 saturated heterocycles. The normalized spacial score (nSPS) is 23.6. The Hall–Kier alpha value is -3.67. The zero-order valence-electron chi connectivity index (χ0n) is 21.0. The molecule has 186 valence electrons. The lowest BCUT2D eigenvalue weighted by Gasteiger charge is -2.40. The van der Waals surface area contributed by atoms with Gasteiger partial charge in [0.05, 0.1) is 5.56 Å². The number of anilines is 1. The Bertz CT molecular complexity index is 1400. The molecular weight excluding hydrogens is 455 g/mol. The molecule has 2 aromatic carbocycles. The van der Waals surface area contributed by atoms with Gasteiger partial charge in [-0.2, -0.15) is 0 Å². The second-order valence-corrected chi connectivity index (χ2v) is 10.6. The third-order valence-electron chi connectivity index (χ3n) is 7.61. The van der Waals surface area contributed by atoms with E-state index in [1.54, 1.807) is 12.1 Å². The summed E-state index contributed by atoms with van der Waals surface area (Å²) in [5, 5.41) is 12.9. The molecule has 1 aromatic heterocycles. The first-order valence-electron chi connectivity index (χ1n) is 12.5. The number of benzene rings is 2. The standard InChI is InChI=1S/C30H31FN2O3/c1-15(2)25-21(11-16(3)12-22(25)28-23(30(35)36)13-17(4)32-28)27-26-20(18-7-5-8-19(31)14-18)9-6-10-24(26)33-29(27)34/h5-10,13-16,22,25,32H,11-12H2,1-4H3,(H,33,34)(H,35,36)/b27-21-. The van der Waals surface area contributed by atoms with E-state index < -0.39 is 5.97 Å². The molecule has 36 heavy (non-hydrogen) atoms. The van der Waals surface area contributed by atoms with E-state index in [1.165, 1.54) is 12.1 Å². The van der Waals surface area contributed by atoms with Crippen molar-refractivity contribution >= 4 is 23.1 Å². The number of nitrogens with one attached hydrogen (secondary N) is 2. The molecule has 1 saturated carbocycles. The summed E-state index contributed by atoms with van der Waals surface area (Å²) in [5.41, 5.74) is 6.63. The highest BCUT2D eigenvalue weighted by Gasteiger charge is 2.42. The predicted molar refractivity (Wildman–Crippen MR) is 139 cm³/mol. The Morgan fingerprint density at radius 1 is 1.14 bits per heavy atom. The van der Waals surface area contributed by atoms with E-state index in [9.17, 15) is 19.1 Å². The van der Waals surface area contributed by atoms with Crippen molar-refractivity contribution in [2.75, 3.05) is 5.32 Å². The van der Waals surface area contributed by atoms with Crippen LogP contribution in [0.25, 0.3) is 16.7 Å². The maximum absolute atomic E-state index is 14.2. The number of carboxylic acid groups (broad SMARTS) is 1. The molecule has 1 aliphatic heterocycles. The third-order valence-corrected chi connectivity index (χ3v) is 7.61. The Labute approximate surface area is 210 Å². The molecule has 2 heterocycles. The maximum Gasteiger partial charge on any atom is 0.337 e. The van der Waals surface area contributed by atoms with Gasteiger partial charge in [-0.15, -0.1) is 0 Å². The van der Waals surface area contributed by atoms with Gasteiger partial charge in [-0.05, 0) is 72.9 Å². The van der Waals surface area contributed by atoms with Gasteiger partial charge in [-0.1, -0.05) is 50.6 Å². The van der Waals surface area contributed by atoms with Crippen LogP contribution < -0.4 is 5.32 Å². The molecular formula is C30H31FN2O3. The van der Waals surface area contributed by atoms with Crippen molar-refractivity contribution < 1.29 is 19.1 Å². The number of carboxylic acids is 1. The van der Waals surface area contributed by atoms with E-state index in [0.29, 0.717) is 11.1 Å². The molecule has 1 amide bonds. The molecule has 2 aliphatic rings. The van der Waals surface area contributed by atoms with Gasteiger partial charge in [0.25, 0.3) is 5.91 Å². The van der Waals surface area contributed by atoms with E-state index in [4.69, 9.17) is 0 Å². The van der Waals surface area contributed by atoms with Crippen molar-refractivity contribution in [3.05, 3.63) is 82.4 Å². The van der Waals surface area contributed by atoms with Crippen LogP contribution in [0.3, 0.4) is 0 Å². The van der Waals surface area contributed by atoms with Crippen LogP contribution in [0.2, 0.25) is 0 Å². The fourth-order valence-electron chi connectivity index (χ4n) is 6.36. The van der Waals surface area contributed by atoms with Gasteiger partial charge in [0.15, 0.2) is 0 Å². The summed E-state index contributed by atoms with van der Waals surface area (Å²) < 4.78 is 14.2. The van der Waals surface area contributed by atoms with Crippen LogP contribution >= 0.6 is 0 Å². The molecule has 3 aromatic rings. The van der Waals surface area contributed by atoms with Crippen LogP contribution in [0.1, 0.15) is 66.8 Å². The Morgan fingerprint density at radius 2 is 1.89 bits per heavy atom. The van der Waals surface area contributed by atoms with E-state index in [1.807, 2.05) is 31.2 Å². The minimum absolute atomic E-state index is 0.0235. The predicted octanol–water partition coefficient (Wildman–Crippen LogP) is 7.02. The number of aromatic nitrogens is 1. The minimum Gasteiger partial charge on any atom is -0.478 e. The highest BCUT2D eigenvalue weighted by atomic mass is 19.1. The number of halogens is 1. The largest absolute Gasteiger partial charge is 0.478 e. The first kappa shape index (κ1) is 24.0. The number of hydrogen-bond donors (Lipinski definition) is 3. The number of amides is 1. The van der Waals surface area contributed by atoms with Crippen LogP contribution in [0, 0.1) is 30.5 Å². The van der Waals surface area contributed by atoms with Crippen molar-refractivity contribution in [1.82, 2.24) is 4.98 Å². The molecule has 5 rings (SSSR count). The van der Waals surface area contributed by atoms with Crippen LogP contribution in [0.15, 0.2) is 54.1 Å². The summed E-state index contributed by atoms with van der Waals surface area (Å²) in [7, 11) is 0. The second-order valence-electron chi connectivity index (χ2n) is 10.6. The van der Waals surface area contributed by atoms with E-state index in [0.717, 1.165) is 52.2 Å². The first-order chi connectivity index (χ1) is 17.2. The number of aromatic amines is 1. The average molecular weight is 487 g/mol. The first-order valence-corrected chi connectivity index (χ1v) is 12.5. The number of H-pyrrole nitrogens is 1. The van der Waals surface area contributed by atoms with Crippen molar-refractivity contribution in [2.24, 2.45) is 17.8 Å². The molecule has 1 fully saturated rings. The van der Waals surface area contributed by atoms with Crippen LogP contribution in [-0.4, -0.2) is 22.0 Å².